The number of benzene rings is 1. The number of aromatic nitrogens is 1. The fourth-order valence-corrected chi connectivity index (χ4v) is 2.08. The van der Waals surface area contributed by atoms with Crippen molar-refractivity contribution in [3.63, 3.8) is 0 Å². The molecule has 0 saturated heterocycles. The monoisotopic (exact) mass is 230 g/mol. The van der Waals surface area contributed by atoms with Crippen molar-refractivity contribution < 1.29 is 0 Å². The third-order valence-electron chi connectivity index (χ3n) is 3.44. The molecule has 0 saturated carbocycles. The van der Waals surface area contributed by atoms with Crippen LogP contribution in [0.25, 0.3) is 10.9 Å². The minimum atomic E-state index is -0.204. The number of rotatable bonds is 2. The van der Waals surface area contributed by atoms with Crippen LogP contribution in [0.5, 0.6) is 0 Å². The molecule has 1 aromatic carbocycles. The third kappa shape index (κ3) is 1.82. The molecule has 2 rings (SSSR count). The summed E-state index contributed by atoms with van der Waals surface area (Å²) in [7, 11) is 0. The number of hydrogen-bond acceptors (Lipinski definition) is 2. The van der Waals surface area contributed by atoms with Crippen LogP contribution in [0.15, 0.2) is 35.1 Å². The van der Waals surface area contributed by atoms with E-state index in [0.29, 0.717) is 5.69 Å². The van der Waals surface area contributed by atoms with Crippen molar-refractivity contribution in [2.75, 3.05) is 5.73 Å². The number of hydrogen-bond donors (Lipinski definition) is 1. The molecule has 2 N–H and O–H groups in total. The van der Waals surface area contributed by atoms with Gasteiger partial charge in [-0.25, -0.2) is 0 Å². The quantitative estimate of drug-likeness (QED) is 0.806. The Balaban J connectivity index is 2.91. The number of pyridine rings is 1. The fourth-order valence-electron chi connectivity index (χ4n) is 2.08. The summed E-state index contributed by atoms with van der Waals surface area (Å²) in [6.45, 7) is 6.21. The highest BCUT2D eigenvalue weighted by molar-refractivity contribution is 5.90. The Kier molecular flexibility index (Phi) is 2.69. The second kappa shape index (κ2) is 3.91. The molecule has 0 unspecified atom stereocenters. The third-order valence-corrected chi connectivity index (χ3v) is 3.44. The average molecular weight is 230 g/mol. The van der Waals surface area contributed by atoms with Crippen molar-refractivity contribution >= 4 is 16.6 Å². The van der Waals surface area contributed by atoms with E-state index in [9.17, 15) is 4.79 Å². The number of nitrogens with zero attached hydrogens (tertiary/aromatic N) is 1. The number of anilines is 1. The van der Waals surface area contributed by atoms with E-state index in [0.717, 1.165) is 17.3 Å². The summed E-state index contributed by atoms with van der Waals surface area (Å²) in [5, 5.41) is 0.939. The second-order valence-electron chi connectivity index (χ2n) is 4.95. The molecule has 0 amide bonds. The van der Waals surface area contributed by atoms with E-state index in [4.69, 9.17) is 5.73 Å². The number of nitrogen functional groups attached to an aromatic ring is 1. The van der Waals surface area contributed by atoms with Gasteiger partial charge >= 0.3 is 0 Å². The minimum Gasteiger partial charge on any atom is -0.398 e. The molecule has 3 nitrogen and oxygen atoms in total. The van der Waals surface area contributed by atoms with Crippen molar-refractivity contribution in [2.24, 2.45) is 0 Å². The molecule has 0 spiro atoms. The molecule has 0 aliphatic heterocycles. The van der Waals surface area contributed by atoms with Gasteiger partial charge in [-0.2, -0.15) is 0 Å². The summed E-state index contributed by atoms with van der Waals surface area (Å²) in [6.07, 6.45) is 0.890. The van der Waals surface area contributed by atoms with Crippen molar-refractivity contribution in [1.29, 1.82) is 0 Å². The van der Waals surface area contributed by atoms with Crippen molar-refractivity contribution in [3.8, 4) is 0 Å². The van der Waals surface area contributed by atoms with Crippen molar-refractivity contribution in [2.45, 2.75) is 32.7 Å². The van der Waals surface area contributed by atoms with Gasteiger partial charge in [0.25, 0.3) is 5.56 Å². The summed E-state index contributed by atoms with van der Waals surface area (Å²) < 4.78 is 1.83. The van der Waals surface area contributed by atoms with E-state index in [1.165, 1.54) is 0 Å². The highest BCUT2D eigenvalue weighted by Crippen LogP contribution is 2.25. The Bertz CT molecular complexity index is 611. The molecule has 0 aliphatic carbocycles. The molecule has 0 bridgehead atoms. The molecule has 0 aliphatic rings. The van der Waals surface area contributed by atoms with Crippen LogP contribution < -0.4 is 11.3 Å². The van der Waals surface area contributed by atoms with Crippen LogP contribution in [0, 0.1) is 0 Å². The van der Waals surface area contributed by atoms with E-state index in [-0.39, 0.29) is 11.1 Å². The maximum Gasteiger partial charge on any atom is 0.251 e. The number of fused-ring (bicyclic) bond motifs is 1. The first-order valence-electron chi connectivity index (χ1n) is 5.88. The maximum atomic E-state index is 12.1. The standard InChI is InChI=1S/C14H18N2O/c1-4-14(2,3)16-12-7-5-6-11(15)10(12)8-9-13(16)17/h5-9H,4,15H2,1-3H3. The molecule has 0 fully saturated rings. The van der Waals surface area contributed by atoms with E-state index in [2.05, 4.69) is 20.8 Å². The van der Waals surface area contributed by atoms with Crippen LogP contribution in [0.1, 0.15) is 27.2 Å². The van der Waals surface area contributed by atoms with Gasteiger partial charge in [-0.3, -0.25) is 4.79 Å². The molecule has 1 aromatic heterocycles. The minimum absolute atomic E-state index is 0.0231. The Morgan fingerprint density at radius 1 is 1.24 bits per heavy atom. The molecule has 17 heavy (non-hydrogen) atoms. The molecule has 0 radical (unpaired) electrons. The van der Waals surface area contributed by atoms with Crippen LogP contribution in [-0.4, -0.2) is 4.57 Å². The SMILES string of the molecule is CCC(C)(C)n1c(=O)ccc2c(N)cccc21. The predicted molar refractivity (Wildman–Crippen MR) is 72.2 cm³/mol. The first-order chi connectivity index (χ1) is 7.97. The highest BCUT2D eigenvalue weighted by Gasteiger charge is 2.21. The molecule has 90 valence electrons. The van der Waals surface area contributed by atoms with Gasteiger partial charge in [-0.15, -0.1) is 0 Å². The molecular formula is C14H18N2O. The van der Waals surface area contributed by atoms with Gasteiger partial charge in [-0.05, 0) is 38.5 Å². The topological polar surface area (TPSA) is 48.0 Å². The van der Waals surface area contributed by atoms with Crippen molar-refractivity contribution in [1.82, 2.24) is 4.57 Å². The molecule has 0 atom stereocenters. The zero-order valence-electron chi connectivity index (χ0n) is 10.5. The summed E-state index contributed by atoms with van der Waals surface area (Å²) in [4.78, 5) is 12.1. The van der Waals surface area contributed by atoms with Gasteiger partial charge in [-0.1, -0.05) is 13.0 Å². The van der Waals surface area contributed by atoms with Crippen LogP contribution >= 0.6 is 0 Å². The summed E-state index contributed by atoms with van der Waals surface area (Å²) >= 11 is 0. The number of nitrogens with two attached hydrogens (primary N) is 1. The lowest BCUT2D eigenvalue weighted by atomic mass is 10.00. The van der Waals surface area contributed by atoms with Gasteiger partial charge in [0.15, 0.2) is 0 Å². The fraction of sp³-hybridized carbons (Fsp3) is 0.357. The Hall–Kier alpha value is -1.77. The average Bonchev–Trinajstić information content (AvgIpc) is 2.28. The summed E-state index contributed by atoms with van der Waals surface area (Å²) in [6, 6.07) is 9.09. The van der Waals surface area contributed by atoms with Crippen LogP contribution in [0.3, 0.4) is 0 Å². The van der Waals surface area contributed by atoms with Crippen LogP contribution in [0.2, 0.25) is 0 Å². The lowest BCUT2D eigenvalue weighted by molar-refractivity contribution is 0.344. The Morgan fingerprint density at radius 2 is 1.94 bits per heavy atom. The maximum absolute atomic E-state index is 12.1. The van der Waals surface area contributed by atoms with Gasteiger partial charge in [0.2, 0.25) is 0 Å². The highest BCUT2D eigenvalue weighted by atomic mass is 16.1. The predicted octanol–water partition coefficient (Wildman–Crippen LogP) is 2.73. The Morgan fingerprint density at radius 3 is 2.59 bits per heavy atom. The smallest absolute Gasteiger partial charge is 0.251 e. The molecular weight excluding hydrogens is 212 g/mol. The zero-order chi connectivity index (χ0) is 12.6. The van der Waals surface area contributed by atoms with Crippen molar-refractivity contribution in [3.05, 3.63) is 40.7 Å². The molecule has 3 heteroatoms. The van der Waals surface area contributed by atoms with E-state index in [1.54, 1.807) is 12.1 Å². The van der Waals surface area contributed by atoms with E-state index in [1.807, 2.05) is 22.8 Å². The first-order valence-corrected chi connectivity index (χ1v) is 5.88. The lowest BCUT2D eigenvalue weighted by Gasteiger charge is -2.28. The van der Waals surface area contributed by atoms with E-state index < -0.39 is 0 Å². The van der Waals surface area contributed by atoms with Crippen LogP contribution in [-0.2, 0) is 5.54 Å². The van der Waals surface area contributed by atoms with Gasteiger partial charge < -0.3 is 10.3 Å². The first kappa shape index (κ1) is 11.7. The van der Waals surface area contributed by atoms with Gasteiger partial charge in [0.05, 0.1) is 5.52 Å². The van der Waals surface area contributed by atoms with Gasteiger partial charge in [0, 0.05) is 22.7 Å². The lowest BCUT2D eigenvalue weighted by Crippen LogP contribution is -2.35. The van der Waals surface area contributed by atoms with E-state index >= 15 is 0 Å². The second-order valence-corrected chi connectivity index (χ2v) is 4.95. The van der Waals surface area contributed by atoms with Gasteiger partial charge in [0.1, 0.15) is 0 Å². The molecule has 2 aromatic rings. The Labute approximate surface area is 101 Å². The molecule has 1 heterocycles. The summed E-state index contributed by atoms with van der Waals surface area (Å²) in [5.41, 5.74) is 7.38. The normalized spacial score (nSPS) is 11.9. The largest absolute Gasteiger partial charge is 0.398 e. The summed E-state index contributed by atoms with van der Waals surface area (Å²) in [5.74, 6) is 0. The zero-order valence-corrected chi connectivity index (χ0v) is 10.5. The van der Waals surface area contributed by atoms with Crippen LogP contribution in [0.4, 0.5) is 5.69 Å².